The van der Waals surface area contributed by atoms with Crippen LogP contribution < -0.4 is 0 Å². The summed E-state index contributed by atoms with van der Waals surface area (Å²) in [5, 5.41) is 0. The lowest BCUT2D eigenvalue weighted by atomic mass is 9.85. The van der Waals surface area contributed by atoms with Gasteiger partial charge in [-0.05, 0) is 34.2 Å². The zero-order valence-corrected chi connectivity index (χ0v) is 10.5. The minimum absolute atomic E-state index is 0.0361. The Kier molecular flexibility index (Phi) is 3.01. The van der Waals surface area contributed by atoms with E-state index >= 15 is 0 Å². The highest BCUT2D eigenvalue weighted by Crippen LogP contribution is 2.28. The first-order chi connectivity index (χ1) is 7.97. The third kappa shape index (κ3) is 2.73. The molecule has 1 heteroatoms. The van der Waals surface area contributed by atoms with Gasteiger partial charge in [0.2, 0.25) is 0 Å². The van der Waals surface area contributed by atoms with Gasteiger partial charge in [0.15, 0.2) is 0 Å². The molecular weight excluding hydrogens is 211 g/mol. The number of halogens is 1. The Morgan fingerprint density at radius 1 is 0.824 bits per heavy atom. The second-order valence-corrected chi connectivity index (χ2v) is 5.34. The second kappa shape index (κ2) is 4.33. The van der Waals surface area contributed by atoms with Crippen LogP contribution in [-0.2, 0) is 5.41 Å². The quantitative estimate of drug-likeness (QED) is 0.658. The lowest BCUT2D eigenvalue weighted by Crippen LogP contribution is -2.11. The Morgan fingerprint density at radius 2 is 1.47 bits per heavy atom. The van der Waals surface area contributed by atoms with Gasteiger partial charge >= 0.3 is 0 Å². The van der Waals surface area contributed by atoms with Crippen molar-refractivity contribution in [2.75, 3.05) is 0 Å². The zero-order valence-electron chi connectivity index (χ0n) is 10.5. The van der Waals surface area contributed by atoms with E-state index in [1.807, 2.05) is 30.3 Å². The molecule has 0 spiro atoms. The highest BCUT2D eigenvalue weighted by atomic mass is 19.1. The first-order valence-corrected chi connectivity index (χ1v) is 5.83. The van der Waals surface area contributed by atoms with Crippen molar-refractivity contribution >= 4 is 0 Å². The number of hydrogen-bond acceptors (Lipinski definition) is 0. The van der Waals surface area contributed by atoms with Gasteiger partial charge in [-0.25, -0.2) is 4.39 Å². The molecule has 88 valence electrons. The molecule has 0 aliphatic carbocycles. The summed E-state index contributed by atoms with van der Waals surface area (Å²) in [5.74, 6) is -0.170. The van der Waals surface area contributed by atoms with Crippen molar-refractivity contribution in [2.24, 2.45) is 0 Å². The molecular formula is C16H17F. The average molecular weight is 228 g/mol. The number of hydrogen-bond donors (Lipinski definition) is 0. The molecule has 2 aromatic rings. The predicted molar refractivity (Wildman–Crippen MR) is 70.5 cm³/mol. The van der Waals surface area contributed by atoms with Gasteiger partial charge in [0.25, 0.3) is 0 Å². The summed E-state index contributed by atoms with van der Waals surface area (Å²) < 4.78 is 13.6. The molecule has 0 heterocycles. The van der Waals surface area contributed by atoms with E-state index in [9.17, 15) is 4.39 Å². The Labute approximate surface area is 102 Å². The molecule has 0 atom stereocenters. The second-order valence-electron chi connectivity index (χ2n) is 5.34. The van der Waals surface area contributed by atoms with Gasteiger partial charge in [-0.3, -0.25) is 0 Å². The maximum atomic E-state index is 13.6. The largest absolute Gasteiger partial charge is 0.207 e. The van der Waals surface area contributed by atoms with E-state index in [-0.39, 0.29) is 11.2 Å². The molecule has 0 fully saturated rings. The Morgan fingerprint density at radius 3 is 2.06 bits per heavy atom. The van der Waals surface area contributed by atoms with E-state index in [1.54, 1.807) is 12.1 Å². The fraction of sp³-hybridized carbons (Fsp3) is 0.250. The molecule has 17 heavy (non-hydrogen) atoms. The van der Waals surface area contributed by atoms with Crippen LogP contribution in [0.5, 0.6) is 0 Å². The van der Waals surface area contributed by atoms with Crippen molar-refractivity contribution in [1.29, 1.82) is 0 Å². The third-order valence-electron chi connectivity index (χ3n) is 2.87. The van der Waals surface area contributed by atoms with Crippen LogP contribution >= 0.6 is 0 Å². The lowest BCUT2D eigenvalue weighted by molar-refractivity contribution is 0.573. The average Bonchev–Trinajstić information content (AvgIpc) is 2.28. The van der Waals surface area contributed by atoms with Crippen molar-refractivity contribution in [2.45, 2.75) is 26.2 Å². The molecule has 0 N–H and O–H groups in total. The molecule has 0 bridgehead atoms. The minimum Gasteiger partial charge on any atom is -0.207 e. The normalized spacial score (nSPS) is 11.5. The van der Waals surface area contributed by atoms with Crippen LogP contribution in [0, 0.1) is 5.82 Å². The van der Waals surface area contributed by atoms with Crippen LogP contribution in [0.4, 0.5) is 4.39 Å². The van der Waals surface area contributed by atoms with E-state index in [2.05, 4.69) is 26.8 Å². The van der Waals surface area contributed by atoms with Gasteiger partial charge in [-0.2, -0.15) is 0 Å². The molecule has 0 aromatic heterocycles. The van der Waals surface area contributed by atoms with Crippen LogP contribution in [-0.4, -0.2) is 0 Å². The Bertz CT molecular complexity index is 507. The summed E-state index contributed by atoms with van der Waals surface area (Å²) in [6.45, 7) is 6.28. The van der Waals surface area contributed by atoms with Gasteiger partial charge in [0.1, 0.15) is 5.82 Å². The van der Waals surface area contributed by atoms with Crippen molar-refractivity contribution in [1.82, 2.24) is 0 Å². The molecule has 2 aromatic carbocycles. The van der Waals surface area contributed by atoms with Crippen molar-refractivity contribution < 1.29 is 4.39 Å². The standard InChI is InChI=1S/C16H17F/c1-16(2,3)14-9-13(10-15(17)11-14)12-7-5-4-6-8-12/h4-11H,1-3H3. The zero-order chi connectivity index (χ0) is 12.5. The van der Waals surface area contributed by atoms with Gasteiger partial charge in [0.05, 0.1) is 0 Å². The van der Waals surface area contributed by atoms with Crippen molar-refractivity contribution in [3.05, 3.63) is 59.9 Å². The number of benzene rings is 2. The molecule has 0 radical (unpaired) electrons. The fourth-order valence-electron chi connectivity index (χ4n) is 1.82. The minimum atomic E-state index is -0.170. The van der Waals surface area contributed by atoms with E-state index in [0.717, 1.165) is 16.7 Å². The Hall–Kier alpha value is -1.63. The van der Waals surface area contributed by atoms with Crippen LogP contribution in [0.2, 0.25) is 0 Å². The summed E-state index contributed by atoms with van der Waals surface area (Å²) in [5.41, 5.74) is 2.98. The molecule has 0 saturated carbocycles. The molecule has 0 nitrogen and oxygen atoms in total. The van der Waals surface area contributed by atoms with Crippen LogP contribution in [0.25, 0.3) is 11.1 Å². The molecule has 0 saturated heterocycles. The maximum absolute atomic E-state index is 13.6. The van der Waals surface area contributed by atoms with E-state index in [1.165, 1.54) is 0 Å². The first kappa shape index (κ1) is 11.8. The highest BCUT2D eigenvalue weighted by molar-refractivity contribution is 5.64. The Balaban J connectivity index is 2.54. The summed E-state index contributed by atoms with van der Waals surface area (Å²) in [6.07, 6.45) is 0. The molecule has 0 aliphatic rings. The van der Waals surface area contributed by atoms with E-state index in [4.69, 9.17) is 0 Å². The van der Waals surface area contributed by atoms with Gasteiger partial charge in [-0.1, -0.05) is 57.2 Å². The van der Waals surface area contributed by atoms with Crippen LogP contribution in [0.1, 0.15) is 26.3 Å². The van der Waals surface area contributed by atoms with Crippen LogP contribution in [0.3, 0.4) is 0 Å². The maximum Gasteiger partial charge on any atom is 0.124 e. The fourth-order valence-corrected chi connectivity index (χ4v) is 1.82. The number of rotatable bonds is 1. The van der Waals surface area contributed by atoms with Crippen LogP contribution in [0.15, 0.2) is 48.5 Å². The van der Waals surface area contributed by atoms with Gasteiger partial charge in [-0.15, -0.1) is 0 Å². The predicted octanol–water partition coefficient (Wildman–Crippen LogP) is 4.79. The topological polar surface area (TPSA) is 0 Å². The monoisotopic (exact) mass is 228 g/mol. The molecule has 0 amide bonds. The van der Waals surface area contributed by atoms with Crippen molar-refractivity contribution in [3.63, 3.8) is 0 Å². The molecule has 2 rings (SSSR count). The summed E-state index contributed by atoms with van der Waals surface area (Å²) >= 11 is 0. The van der Waals surface area contributed by atoms with Gasteiger partial charge in [0, 0.05) is 0 Å². The third-order valence-corrected chi connectivity index (χ3v) is 2.87. The first-order valence-electron chi connectivity index (χ1n) is 5.83. The van der Waals surface area contributed by atoms with Gasteiger partial charge < -0.3 is 0 Å². The van der Waals surface area contributed by atoms with Crippen molar-refractivity contribution in [3.8, 4) is 11.1 Å². The summed E-state index contributed by atoms with van der Waals surface area (Å²) in [7, 11) is 0. The highest BCUT2D eigenvalue weighted by Gasteiger charge is 2.15. The van der Waals surface area contributed by atoms with E-state index < -0.39 is 0 Å². The SMILES string of the molecule is CC(C)(C)c1cc(F)cc(-c2ccccc2)c1. The smallest absolute Gasteiger partial charge is 0.124 e. The summed E-state index contributed by atoms with van der Waals surface area (Å²) in [6, 6.07) is 15.2. The molecule has 0 unspecified atom stereocenters. The molecule has 0 aliphatic heterocycles. The lowest BCUT2D eigenvalue weighted by Gasteiger charge is -2.20. The summed E-state index contributed by atoms with van der Waals surface area (Å²) in [4.78, 5) is 0. The van der Waals surface area contributed by atoms with E-state index in [0.29, 0.717) is 0 Å².